The third kappa shape index (κ3) is 5.75. The number of hydrogen-bond donors (Lipinski definition) is 1. The standard InChI is InChI=1S/C40H22Cl2F8N2O7/c41-38-15-23-20(11-12-21-25(23)35(56)51(34(21)55)18-8-6-17(7-9-18)33(54)16-4-2-1-3-5-16)26(22-14-19(10-13-24(22)53)59-40(48,49)50)39(38,42)37(58)52(36(38)57)32-30(46)28(44)27(43)29(45)31(32)47/h1-11,13-14,21,23,25-26,53H,12,15H2/t21-,23+,25-,26+,38+,39-/m0/s1. The zero-order valence-corrected chi connectivity index (χ0v) is 30.8. The molecule has 0 spiro atoms. The Bertz CT molecular complexity index is 2540. The lowest BCUT2D eigenvalue weighted by Crippen LogP contribution is -2.60. The molecular weight excluding hydrogens is 843 g/mol. The van der Waals surface area contributed by atoms with Crippen LogP contribution in [0.5, 0.6) is 11.5 Å². The lowest BCUT2D eigenvalue weighted by atomic mass is 9.56. The van der Waals surface area contributed by atoms with Crippen LogP contribution in [0.1, 0.15) is 40.2 Å². The number of carbonyl (C=O) groups excluding carboxylic acids is 5. The summed E-state index contributed by atoms with van der Waals surface area (Å²) in [5, 5.41) is 11.1. The zero-order valence-electron chi connectivity index (χ0n) is 29.3. The first kappa shape index (κ1) is 40.0. The number of aromatic hydroxyl groups is 1. The molecule has 2 saturated heterocycles. The first-order valence-electron chi connectivity index (χ1n) is 17.4. The summed E-state index contributed by atoms with van der Waals surface area (Å²) >= 11 is 14.1. The van der Waals surface area contributed by atoms with Crippen LogP contribution < -0.4 is 14.5 Å². The summed E-state index contributed by atoms with van der Waals surface area (Å²) in [7, 11) is 0. The predicted molar refractivity (Wildman–Crippen MR) is 190 cm³/mol. The minimum absolute atomic E-state index is 0.0134. The van der Waals surface area contributed by atoms with Gasteiger partial charge in [-0.25, -0.2) is 26.9 Å². The van der Waals surface area contributed by atoms with Gasteiger partial charge in [-0.3, -0.25) is 28.9 Å². The number of rotatable bonds is 6. The highest BCUT2D eigenvalue weighted by molar-refractivity contribution is 6.58. The number of ether oxygens (including phenoxy) is 1. The van der Waals surface area contributed by atoms with Crippen LogP contribution in [0.25, 0.3) is 0 Å². The Balaban J connectivity index is 1.26. The van der Waals surface area contributed by atoms with Crippen LogP contribution in [-0.2, 0) is 19.2 Å². The quantitative estimate of drug-likeness (QED) is 0.0397. The first-order chi connectivity index (χ1) is 27.7. The van der Waals surface area contributed by atoms with Crippen molar-refractivity contribution in [1.82, 2.24) is 0 Å². The van der Waals surface area contributed by atoms with Crippen molar-refractivity contribution in [3.8, 4) is 11.5 Å². The molecular formula is C40H22Cl2F8N2O7. The Labute approximate surface area is 336 Å². The summed E-state index contributed by atoms with van der Waals surface area (Å²) in [4.78, 5) is 64.5. The number of fused-ring (bicyclic) bond motifs is 4. The van der Waals surface area contributed by atoms with Crippen molar-refractivity contribution in [3.63, 3.8) is 0 Å². The Morgan fingerprint density at radius 2 is 1.34 bits per heavy atom. The van der Waals surface area contributed by atoms with Gasteiger partial charge >= 0.3 is 6.36 Å². The zero-order chi connectivity index (χ0) is 42.7. The number of ketones is 1. The van der Waals surface area contributed by atoms with Crippen LogP contribution in [0.4, 0.5) is 46.5 Å². The van der Waals surface area contributed by atoms with Crippen molar-refractivity contribution in [2.24, 2.45) is 17.8 Å². The van der Waals surface area contributed by atoms with Gasteiger partial charge in [0.2, 0.25) is 17.6 Å². The third-order valence-electron chi connectivity index (χ3n) is 11.2. The molecule has 0 aromatic heterocycles. The molecule has 1 saturated carbocycles. The fourth-order valence-corrected chi connectivity index (χ4v) is 9.57. The van der Waals surface area contributed by atoms with E-state index < -0.39 is 127 Å². The molecule has 9 nitrogen and oxygen atoms in total. The van der Waals surface area contributed by atoms with E-state index in [4.69, 9.17) is 23.2 Å². The van der Waals surface area contributed by atoms with Gasteiger partial charge in [-0.15, -0.1) is 36.4 Å². The second-order valence-electron chi connectivity index (χ2n) is 14.2. The van der Waals surface area contributed by atoms with Crippen molar-refractivity contribution < 1.29 is 68.9 Å². The summed E-state index contributed by atoms with van der Waals surface area (Å²) < 4.78 is 118. The van der Waals surface area contributed by atoms with E-state index in [1.54, 1.807) is 30.3 Å². The van der Waals surface area contributed by atoms with Gasteiger partial charge in [0.25, 0.3) is 11.8 Å². The molecule has 2 heterocycles. The maximum atomic E-state index is 15.3. The maximum Gasteiger partial charge on any atom is 0.573 e. The molecule has 4 aromatic carbocycles. The van der Waals surface area contributed by atoms with Crippen LogP contribution >= 0.6 is 23.2 Å². The lowest BCUT2D eigenvalue weighted by molar-refractivity contribution is -0.274. The number of anilines is 2. The Kier molecular flexibility index (Phi) is 9.23. The second kappa shape index (κ2) is 13.6. The molecule has 4 amide bonds. The molecule has 2 aliphatic heterocycles. The summed E-state index contributed by atoms with van der Waals surface area (Å²) in [5.41, 5.74) is -2.31. The molecule has 0 unspecified atom stereocenters. The maximum absolute atomic E-state index is 15.3. The van der Waals surface area contributed by atoms with E-state index >= 15 is 8.78 Å². The third-order valence-corrected chi connectivity index (χ3v) is 12.6. The number of nitrogens with zero attached hydrogens (tertiary/aromatic N) is 2. The summed E-state index contributed by atoms with van der Waals surface area (Å²) in [6.45, 7) is 0. The molecule has 304 valence electrons. The van der Waals surface area contributed by atoms with Gasteiger partial charge in [0.05, 0.1) is 17.5 Å². The predicted octanol–water partition coefficient (Wildman–Crippen LogP) is 7.99. The number of halogens is 10. The highest BCUT2D eigenvalue weighted by Crippen LogP contribution is 2.67. The van der Waals surface area contributed by atoms with Gasteiger partial charge in [-0.05, 0) is 61.2 Å². The van der Waals surface area contributed by atoms with Gasteiger partial charge in [-0.1, -0.05) is 42.0 Å². The fraction of sp³-hybridized carbons (Fsp3) is 0.225. The highest BCUT2D eigenvalue weighted by Gasteiger charge is 2.77. The SMILES string of the molecule is O=C(c1ccccc1)c1ccc(N2C(=O)[C@H]3[C@H](CC=C4[C@H]3C[C@@]3(Cl)C(=O)N(c5c(F)c(F)c(F)c(F)c5F)C(=O)[C@@]3(Cl)[C@H]4c3cc(OC(F)(F)F)ccc3O)C2=O)cc1. The van der Waals surface area contributed by atoms with E-state index in [-0.39, 0.29) is 29.0 Å². The van der Waals surface area contributed by atoms with Crippen LogP contribution in [0.15, 0.2) is 84.4 Å². The number of hydrogen-bond acceptors (Lipinski definition) is 7. The molecule has 59 heavy (non-hydrogen) atoms. The molecule has 0 radical (unpaired) electrons. The van der Waals surface area contributed by atoms with Crippen molar-refractivity contribution in [3.05, 3.63) is 130 Å². The lowest BCUT2D eigenvalue weighted by Gasteiger charge is -2.50. The van der Waals surface area contributed by atoms with E-state index in [2.05, 4.69) is 4.74 Å². The first-order valence-corrected chi connectivity index (χ1v) is 18.1. The number of carbonyl (C=O) groups is 5. The smallest absolute Gasteiger partial charge is 0.508 e. The molecule has 8 rings (SSSR count). The second-order valence-corrected chi connectivity index (χ2v) is 15.5. The average Bonchev–Trinajstić information content (AvgIpc) is 3.54. The number of amides is 4. The highest BCUT2D eigenvalue weighted by atomic mass is 35.5. The fourth-order valence-electron chi connectivity index (χ4n) is 8.65. The number of imide groups is 2. The minimum atomic E-state index is -5.32. The molecule has 6 atom stereocenters. The number of alkyl halides is 5. The number of benzene rings is 4. The topological polar surface area (TPSA) is 121 Å². The van der Waals surface area contributed by atoms with E-state index in [0.717, 1.165) is 4.90 Å². The molecule has 4 aromatic rings. The summed E-state index contributed by atoms with van der Waals surface area (Å²) in [6.07, 6.45) is -5.23. The Morgan fingerprint density at radius 3 is 1.95 bits per heavy atom. The van der Waals surface area contributed by atoms with E-state index in [1.165, 1.54) is 30.3 Å². The van der Waals surface area contributed by atoms with Gasteiger partial charge in [0.15, 0.2) is 38.8 Å². The molecule has 1 N–H and O–H groups in total. The van der Waals surface area contributed by atoms with Crippen molar-refractivity contribution >= 4 is 64.0 Å². The minimum Gasteiger partial charge on any atom is -0.508 e. The molecule has 19 heteroatoms. The van der Waals surface area contributed by atoms with Crippen LogP contribution in [0, 0.1) is 46.8 Å². The average molecular weight is 866 g/mol. The Hall–Kier alpha value is -5.81. The van der Waals surface area contributed by atoms with Gasteiger partial charge < -0.3 is 9.84 Å². The normalized spacial score (nSPS) is 26.4. The molecule has 4 aliphatic rings. The Morgan fingerprint density at radius 1 is 0.746 bits per heavy atom. The molecule has 0 bridgehead atoms. The molecule has 3 fully saturated rings. The summed E-state index contributed by atoms with van der Waals surface area (Å²) in [5.74, 6) is -26.9. The van der Waals surface area contributed by atoms with Crippen molar-refractivity contribution in [2.45, 2.75) is 34.9 Å². The number of allylic oxidation sites excluding steroid dienone is 2. The van der Waals surface area contributed by atoms with Crippen molar-refractivity contribution in [1.29, 1.82) is 0 Å². The van der Waals surface area contributed by atoms with Gasteiger partial charge in [0.1, 0.15) is 17.2 Å². The molecule has 2 aliphatic carbocycles. The largest absolute Gasteiger partial charge is 0.573 e. The van der Waals surface area contributed by atoms with Gasteiger partial charge in [-0.2, -0.15) is 0 Å². The van der Waals surface area contributed by atoms with E-state index in [1.807, 2.05) is 0 Å². The van der Waals surface area contributed by atoms with Crippen LogP contribution in [-0.4, -0.2) is 50.6 Å². The summed E-state index contributed by atoms with van der Waals surface area (Å²) in [6, 6.07) is 15.6. The van der Waals surface area contributed by atoms with Crippen LogP contribution in [0.3, 0.4) is 0 Å². The van der Waals surface area contributed by atoms with E-state index in [9.17, 15) is 55.4 Å². The van der Waals surface area contributed by atoms with Gasteiger partial charge in [0, 0.05) is 22.6 Å². The number of phenolic OH excluding ortho intramolecular Hbond substituents is 1. The number of phenols is 1. The van der Waals surface area contributed by atoms with Crippen LogP contribution in [0.2, 0.25) is 0 Å². The van der Waals surface area contributed by atoms with E-state index in [0.29, 0.717) is 23.8 Å². The monoisotopic (exact) mass is 864 g/mol. The van der Waals surface area contributed by atoms with Crippen molar-refractivity contribution in [2.75, 3.05) is 9.80 Å².